The average Bonchev–Trinajstić information content (AvgIpc) is 3.14. The van der Waals surface area contributed by atoms with E-state index in [0.717, 1.165) is 30.5 Å². The van der Waals surface area contributed by atoms with E-state index in [1.54, 1.807) is 6.92 Å². The van der Waals surface area contributed by atoms with Crippen molar-refractivity contribution >= 4 is 22.7 Å². The number of imide groups is 1. The van der Waals surface area contributed by atoms with E-state index in [0.29, 0.717) is 23.4 Å². The SMILES string of the molecule is Cc1nc2ccccc2c2c1C(=O)N(CCN1CCCC1)C2=O. The minimum atomic E-state index is -0.194. The summed E-state index contributed by atoms with van der Waals surface area (Å²) in [5.41, 5.74) is 2.42. The molecule has 4 rings (SSSR count). The second-order valence-corrected chi connectivity index (χ2v) is 6.28. The van der Waals surface area contributed by atoms with E-state index in [4.69, 9.17) is 0 Å². The van der Waals surface area contributed by atoms with Gasteiger partial charge in [0.2, 0.25) is 0 Å². The van der Waals surface area contributed by atoms with Gasteiger partial charge in [-0.3, -0.25) is 19.5 Å². The Balaban J connectivity index is 1.70. The molecule has 0 unspecified atom stereocenters. The number of para-hydroxylation sites is 1. The molecule has 0 spiro atoms. The summed E-state index contributed by atoms with van der Waals surface area (Å²) in [5, 5.41) is 0.773. The predicted octanol–water partition coefficient (Wildman–Crippen LogP) is 2.24. The molecule has 1 aromatic heterocycles. The average molecular weight is 309 g/mol. The van der Waals surface area contributed by atoms with Crippen LogP contribution in [0.15, 0.2) is 24.3 Å². The molecule has 0 aliphatic carbocycles. The molecule has 0 N–H and O–H groups in total. The van der Waals surface area contributed by atoms with Crippen molar-refractivity contribution in [3.8, 4) is 0 Å². The molecule has 1 saturated heterocycles. The topological polar surface area (TPSA) is 53.5 Å². The van der Waals surface area contributed by atoms with Gasteiger partial charge < -0.3 is 4.90 Å². The molecule has 0 bridgehead atoms. The largest absolute Gasteiger partial charge is 0.302 e. The van der Waals surface area contributed by atoms with Crippen molar-refractivity contribution in [2.24, 2.45) is 0 Å². The maximum atomic E-state index is 12.8. The van der Waals surface area contributed by atoms with Crippen molar-refractivity contribution in [3.63, 3.8) is 0 Å². The molecule has 2 aliphatic heterocycles. The summed E-state index contributed by atoms with van der Waals surface area (Å²) in [4.78, 5) is 33.8. The second-order valence-electron chi connectivity index (χ2n) is 6.28. The van der Waals surface area contributed by atoms with E-state index < -0.39 is 0 Å². The van der Waals surface area contributed by atoms with Crippen molar-refractivity contribution in [1.29, 1.82) is 0 Å². The number of rotatable bonds is 3. The minimum absolute atomic E-state index is 0.175. The van der Waals surface area contributed by atoms with Crippen LogP contribution in [0.4, 0.5) is 0 Å². The van der Waals surface area contributed by atoms with Gasteiger partial charge in [-0.2, -0.15) is 0 Å². The van der Waals surface area contributed by atoms with Gasteiger partial charge in [-0.1, -0.05) is 18.2 Å². The highest BCUT2D eigenvalue weighted by atomic mass is 16.2. The predicted molar refractivity (Wildman–Crippen MR) is 87.5 cm³/mol. The number of amides is 2. The Bertz CT molecular complexity index is 809. The molecule has 2 aliphatic rings. The van der Waals surface area contributed by atoms with Crippen molar-refractivity contribution in [2.75, 3.05) is 26.2 Å². The molecule has 5 nitrogen and oxygen atoms in total. The van der Waals surface area contributed by atoms with E-state index in [9.17, 15) is 9.59 Å². The van der Waals surface area contributed by atoms with Crippen LogP contribution in [0.1, 0.15) is 39.3 Å². The number of fused-ring (bicyclic) bond motifs is 3. The molecule has 2 amide bonds. The van der Waals surface area contributed by atoms with E-state index in [1.165, 1.54) is 17.7 Å². The van der Waals surface area contributed by atoms with Crippen LogP contribution in [0.25, 0.3) is 10.9 Å². The zero-order chi connectivity index (χ0) is 16.0. The van der Waals surface area contributed by atoms with Gasteiger partial charge in [-0.25, -0.2) is 0 Å². The third-order valence-corrected chi connectivity index (χ3v) is 4.83. The normalized spacial score (nSPS) is 18.2. The van der Waals surface area contributed by atoms with Gasteiger partial charge in [-0.15, -0.1) is 0 Å². The highest BCUT2D eigenvalue weighted by Crippen LogP contribution is 2.31. The number of hydrogen-bond acceptors (Lipinski definition) is 4. The number of benzene rings is 1. The third-order valence-electron chi connectivity index (χ3n) is 4.83. The summed E-state index contributed by atoms with van der Waals surface area (Å²) in [6.07, 6.45) is 2.41. The van der Waals surface area contributed by atoms with Crippen LogP contribution >= 0.6 is 0 Å². The number of aromatic nitrogens is 1. The lowest BCUT2D eigenvalue weighted by Gasteiger charge is -2.19. The number of carbonyl (C=O) groups excluding carboxylic acids is 2. The van der Waals surface area contributed by atoms with Crippen molar-refractivity contribution in [2.45, 2.75) is 19.8 Å². The maximum Gasteiger partial charge on any atom is 0.263 e. The molecule has 1 fully saturated rings. The first-order valence-corrected chi connectivity index (χ1v) is 8.14. The van der Waals surface area contributed by atoms with Crippen molar-refractivity contribution in [3.05, 3.63) is 41.1 Å². The summed E-state index contributed by atoms with van der Waals surface area (Å²) >= 11 is 0. The maximum absolute atomic E-state index is 12.8. The Kier molecular flexibility index (Phi) is 3.38. The fraction of sp³-hybridized carbons (Fsp3) is 0.389. The smallest absolute Gasteiger partial charge is 0.263 e. The summed E-state index contributed by atoms with van der Waals surface area (Å²) in [6.45, 7) is 5.15. The highest BCUT2D eigenvalue weighted by molar-refractivity contribution is 6.26. The lowest BCUT2D eigenvalue weighted by atomic mass is 10.0. The van der Waals surface area contributed by atoms with Crippen LogP contribution in [-0.4, -0.2) is 52.8 Å². The molecule has 1 aromatic carbocycles. The van der Waals surface area contributed by atoms with Gasteiger partial charge in [0.1, 0.15) is 0 Å². The molecular formula is C18H19N3O2. The molecule has 0 atom stereocenters. The number of pyridine rings is 1. The van der Waals surface area contributed by atoms with Crippen LogP contribution in [0.2, 0.25) is 0 Å². The monoisotopic (exact) mass is 309 g/mol. The summed E-state index contributed by atoms with van der Waals surface area (Å²) in [7, 11) is 0. The van der Waals surface area contributed by atoms with Crippen LogP contribution in [0, 0.1) is 6.92 Å². The lowest BCUT2D eigenvalue weighted by molar-refractivity contribution is 0.0641. The number of nitrogens with zero attached hydrogens (tertiary/aromatic N) is 3. The number of carbonyl (C=O) groups is 2. The Morgan fingerprint density at radius 1 is 1.00 bits per heavy atom. The van der Waals surface area contributed by atoms with E-state index in [1.807, 2.05) is 24.3 Å². The Labute approximate surface area is 134 Å². The van der Waals surface area contributed by atoms with Gasteiger partial charge in [0.25, 0.3) is 11.8 Å². The molecule has 23 heavy (non-hydrogen) atoms. The fourth-order valence-electron chi connectivity index (χ4n) is 3.63. The van der Waals surface area contributed by atoms with Crippen molar-refractivity contribution < 1.29 is 9.59 Å². The van der Waals surface area contributed by atoms with Gasteiger partial charge in [0.15, 0.2) is 0 Å². The van der Waals surface area contributed by atoms with Crippen LogP contribution in [-0.2, 0) is 0 Å². The quantitative estimate of drug-likeness (QED) is 0.816. The standard InChI is InChI=1S/C18H19N3O2/c1-12-15-16(13-6-2-3-7-14(13)19-12)18(23)21(17(15)22)11-10-20-8-4-5-9-20/h2-3,6-7H,4-5,8-11H2,1H3. The molecule has 0 radical (unpaired) electrons. The van der Waals surface area contributed by atoms with Gasteiger partial charge in [0.05, 0.1) is 22.3 Å². The molecular weight excluding hydrogens is 290 g/mol. The molecule has 0 saturated carbocycles. The molecule has 5 heteroatoms. The van der Waals surface area contributed by atoms with E-state index in [-0.39, 0.29) is 11.8 Å². The number of hydrogen-bond donors (Lipinski definition) is 0. The number of likely N-dealkylation sites (tertiary alicyclic amines) is 1. The first kappa shape index (κ1) is 14.3. The van der Waals surface area contributed by atoms with Gasteiger partial charge in [-0.05, 0) is 38.9 Å². The minimum Gasteiger partial charge on any atom is -0.302 e. The summed E-state index contributed by atoms with van der Waals surface area (Å²) < 4.78 is 0. The number of aryl methyl sites for hydroxylation is 1. The van der Waals surface area contributed by atoms with Crippen LogP contribution < -0.4 is 0 Å². The summed E-state index contributed by atoms with van der Waals surface area (Å²) in [5.74, 6) is -0.370. The van der Waals surface area contributed by atoms with Crippen molar-refractivity contribution in [1.82, 2.24) is 14.8 Å². The van der Waals surface area contributed by atoms with Crippen LogP contribution in [0.5, 0.6) is 0 Å². The van der Waals surface area contributed by atoms with Gasteiger partial charge >= 0.3 is 0 Å². The van der Waals surface area contributed by atoms with E-state index in [2.05, 4.69) is 9.88 Å². The Hall–Kier alpha value is -2.27. The first-order chi connectivity index (χ1) is 11.2. The molecule has 118 valence electrons. The second kappa shape index (κ2) is 5.42. The van der Waals surface area contributed by atoms with Crippen LogP contribution in [0.3, 0.4) is 0 Å². The van der Waals surface area contributed by atoms with E-state index >= 15 is 0 Å². The molecule has 2 aromatic rings. The fourth-order valence-corrected chi connectivity index (χ4v) is 3.63. The lowest BCUT2D eigenvalue weighted by Crippen LogP contribution is -2.37. The zero-order valence-corrected chi connectivity index (χ0v) is 13.2. The Morgan fingerprint density at radius 2 is 1.70 bits per heavy atom. The van der Waals surface area contributed by atoms with Gasteiger partial charge in [0, 0.05) is 18.5 Å². The Morgan fingerprint density at radius 3 is 2.48 bits per heavy atom. The zero-order valence-electron chi connectivity index (χ0n) is 13.2. The highest BCUT2D eigenvalue weighted by Gasteiger charge is 2.38. The third kappa shape index (κ3) is 2.23. The first-order valence-electron chi connectivity index (χ1n) is 8.14. The summed E-state index contributed by atoms with van der Waals surface area (Å²) in [6, 6.07) is 7.53. The molecule has 3 heterocycles.